The maximum absolute atomic E-state index is 13.3. The van der Waals surface area contributed by atoms with Crippen LogP contribution in [0.1, 0.15) is 16.7 Å². The highest BCUT2D eigenvalue weighted by molar-refractivity contribution is 9.10. The van der Waals surface area contributed by atoms with Crippen LogP contribution < -0.4 is 16.0 Å². The quantitative estimate of drug-likeness (QED) is 0.163. The van der Waals surface area contributed by atoms with Crippen molar-refractivity contribution in [3.8, 4) is 11.3 Å². The Morgan fingerprint density at radius 1 is 0.951 bits per heavy atom. The average Bonchev–Trinajstić information content (AvgIpc) is 3.32. The molecule has 0 unspecified atom stereocenters. The summed E-state index contributed by atoms with van der Waals surface area (Å²) in [6.07, 6.45) is -3.00. The third-order valence-electron chi connectivity index (χ3n) is 6.06. The summed E-state index contributed by atoms with van der Waals surface area (Å²) in [5.74, 6) is 0.707. The van der Waals surface area contributed by atoms with Gasteiger partial charge >= 0.3 is 12.2 Å². The van der Waals surface area contributed by atoms with Crippen molar-refractivity contribution < 1.29 is 18.0 Å². The molecule has 0 radical (unpaired) electrons. The minimum absolute atomic E-state index is 0.0789. The Balaban J connectivity index is 1.23. The summed E-state index contributed by atoms with van der Waals surface area (Å²) in [5.41, 5.74) is 2.42. The molecular formula is C28H20BrCl2F3N6O. The number of carbonyl (C=O) groups is 1. The minimum atomic E-state index is -4.66. The molecule has 0 aliphatic carbocycles. The number of anilines is 2. The number of hydrogen-bond donors (Lipinski definition) is 3. The Bertz CT molecular complexity index is 1730. The molecule has 0 aliphatic heterocycles. The van der Waals surface area contributed by atoms with Crippen LogP contribution in [0, 0.1) is 0 Å². The normalized spacial score (nSPS) is 11.5. The number of alkyl halides is 3. The summed E-state index contributed by atoms with van der Waals surface area (Å²) < 4.78 is 42.3. The highest BCUT2D eigenvalue weighted by Crippen LogP contribution is 2.36. The average molecular weight is 664 g/mol. The maximum Gasteiger partial charge on any atom is 0.418 e. The van der Waals surface area contributed by atoms with Gasteiger partial charge < -0.3 is 16.0 Å². The number of carbonyl (C=O) groups excluding carboxylic acids is 1. The second-order valence-corrected chi connectivity index (χ2v) is 10.6. The van der Waals surface area contributed by atoms with E-state index in [4.69, 9.17) is 28.2 Å². The Kier molecular flexibility index (Phi) is 8.39. The largest absolute Gasteiger partial charge is 0.418 e. The van der Waals surface area contributed by atoms with E-state index in [0.29, 0.717) is 28.7 Å². The summed E-state index contributed by atoms with van der Waals surface area (Å²) >= 11 is 15.6. The predicted molar refractivity (Wildman–Crippen MR) is 157 cm³/mol. The van der Waals surface area contributed by atoms with Gasteiger partial charge in [0, 0.05) is 34.8 Å². The number of urea groups is 1. The summed E-state index contributed by atoms with van der Waals surface area (Å²) in [6, 6.07) is 19.1. The molecule has 0 saturated heterocycles. The van der Waals surface area contributed by atoms with E-state index in [0.717, 1.165) is 33.3 Å². The number of nitrogens with zero attached hydrogens (tertiary/aromatic N) is 3. The van der Waals surface area contributed by atoms with Gasteiger partial charge in [-0.3, -0.25) is 0 Å². The van der Waals surface area contributed by atoms with E-state index >= 15 is 0 Å². The number of halogens is 6. The molecule has 2 amide bonds. The molecule has 3 aromatic carbocycles. The van der Waals surface area contributed by atoms with Gasteiger partial charge in [-0.1, -0.05) is 65.7 Å². The number of amides is 2. The number of benzene rings is 3. The molecule has 5 aromatic rings. The van der Waals surface area contributed by atoms with Crippen molar-refractivity contribution >= 4 is 62.3 Å². The Hall–Kier alpha value is -3.80. The molecule has 7 nitrogen and oxygen atoms in total. The fraction of sp³-hybridized carbons (Fsp3) is 0.107. The van der Waals surface area contributed by atoms with Crippen LogP contribution in [0.4, 0.5) is 29.5 Å². The topological polar surface area (TPSA) is 83.3 Å². The minimum Gasteiger partial charge on any atom is -0.366 e. The van der Waals surface area contributed by atoms with Crippen LogP contribution >= 0.6 is 39.1 Å². The van der Waals surface area contributed by atoms with Crippen LogP contribution in [0.25, 0.3) is 16.9 Å². The molecule has 2 heterocycles. The van der Waals surface area contributed by atoms with Crippen molar-refractivity contribution in [1.82, 2.24) is 19.9 Å². The second kappa shape index (κ2) is 12.0. The van der Waals surface area contributed by atoms with E-state index < -0.39 is 17.8 Å². The molecule has 0 atom stereocenters. The van der Waals surface area contributed by atoms with Crippen molar-refractivity contribution in [1.29, 1.82) is 0 Å². The first-order chi connectivity index (χ1) is 19.6. The van der Waals surface area contributed by atoms with Crippen LogP contribution in [0.5, 0.6) is 0 Å². The van der Waals surface area contributed by atoms with E-state index in [-0.39, 0.29) is 17.3 Å². The Morgan fingerprint density at radius 3 is 2.37 bits per heavy atom. The third kappa shape index (κ3) is 6.75. The van der Waals surface area contributed by atoms with E-state index in [1.807, 2.05) is 48.5 Å². The lowest BCUT2D eigenvalue weighted by atomic mass is 10.1. The number of hydrogen-bond acceptors (Lipinski definition) is 4. The summed E-state index contributed by atoms with van der Waals surface area (Å²) in [7, 11) is 0. The molecule has 0 aliphatic rings. The first kappa shape index (κ1) is 28.7. The van der Waals surface area contributed by atoms with Crippen LogP contribution in [0.3, 0.4) is 0 Å². The van der Waals surface area contributed by atoms with Crippen molar-refractivity contribution in [3.05, 3.63) is 110 Å². The lowest BCUT2D eigenvalue weighted by molar-refractivity contribution is -0.136. The van der Waals surface area contributed by atoms with Crippen molar-refractivity contribution in [2.24, 2.45) is 0 Å². The van der Waals surface area contributed by atoms with Crippen molar-refractivity contribution in [3.63, 3.8) is 0 Å². The van der Waals surface area contributed by atoms with Gasteiger partial charge in [0.05, 0.1) is 27.6 Å². The molecule has 0 spiro atoms. The molecule has 41 heavy (non-hydrogen) atoms. The monoisotopic (exact) mass is 662 g/mol. The maximum atomic E-state index is 13.3. The van der Waals surface area contributed by atoms with Gasteiger partial charge in [0.1, 0.15) is 5.82 Å². The van der Waals surface area contributed by atoms with E-state index in [2.05, 4.69) is 37.0 Å². The zero-order chi connectivity index (χ0) is 29.1. The molecule has 210 valence electrons. The van der Waals surface area contributed by atoms with Crippen LogP contribution in [-0.2, 0) is 19.3 Å². The number of nitrogens with one attached hydrogen (secondary N) is 3. The lowest BCUT2D eigenvalue weighted by Crippen LogP contribution is -2.29. The van der Waals surface area contributed by atoms with Crippen LogP contribution in [-0.4, -0.2) is 20.6 Å². The molecular weight excluding hydrogens is 644 g/mol. The van der Waals surface area contributed by atoms with Crippen molar-refractivity contribution in [2.45, 2.75) is 19.3 Å². The summed E-state index contributed by atoms with van der Waals surface area (Å²) in [5, 5.41) is 13.1. The fourth-order valence-corrected chi connectivity index (χ4v) is 4.80. The molecule has 2 aromatic heterocycles. The zero-order valence-electron chi connectivity index (χ0n) is 20.9. The molecule has 5 rings (SSSR count). The number of rotatable bonds is 7. The summed E-state index contributed by atoms with van der Waals surface area (Å²) in [4.78, 5) is 17.0. The SMILES string of the molecule is O=C(NCc1ccc(CNc2cc(-c3ccccc3Cl)nc3c(Br)cnn23)cc1)Nc1ccc(Cl)cc1C(F)(F)F. The van der Waals surface area contributed by atoms with E-state index in [1.165, 1.54) is 6.07 Å². The second-order valence-electron chi connectivity index (χ2n) is 8.90. The van der Waals surface area contributed by atoms with Gasteiger partial charge in [0.2, 0.25) is 0 Å². The molecule has 0 fully saturated rings. The predicted octanol–water partition coefficient (Wildman–Crippen LogP) is 8.42. The number of aromatic nitrogens is 3. The van der Waals surface area contributed by atoms with Crippen molar-refractivity contribution in [2.75, 3.05) is 10.6 Å². The Morgan fingerprint density at radius 2 is 1.66 bits per heavy atom. The lowest BCUT2D eigenvalue weighted by Gasteiger charge is -2.15. The molecule has 13 heteroatoms. The standard InChI is InChI=1S/C28H20BrCl2F3N6O/c29-21-15-37-40-25(12-24(38-26(21)40)19-3-1-2-4-22(19)31)35-13-16-5-7-17(8-6-16)14-36-27(41)39-23-10-9-18(30)11-20(23)28(32,33)34/h1-12,15,35H,13-14H2,(H2,36,39,41). The van der Waals surface area contributed by atoms with Gasteiger partial charge in [0.25, 0.3) is 0 Å². The highest BCUT2D eigenvalue weighted by atomic mass is 79.9. The number of fused-ring (bicyclic) bond motifs is 1. The Labute approximate surface area is 250 Å². The fourth-order valence-electron chi connectivity index (χ4n) is 4.05. The van der Waals surface area contributed by atoms with Gasteiger partial charge in [-0.2, -0.15) is 22.8 Å². The zero-order valence-corrected chi connectivity index (χ0v) is 24.0. The van der Waals surface area contributed by atoms with E-state index in [1.54, 1.807) is 16.8 Å². The first-order valence-corrected chi connectivity index (χ1v) is 13.7. The summed E-state index contributed by atoms with van der Waals surface area (Å²) in [6.45, 7) is 0.575. The van der Waals surface area contributed by atoms with Crippen LogP contribution in [0.2, 0.25) is 10.0 Å². The highest BCUT2D eigenvalue weighted by Gasteiger charge is 2.34. The van der Waals surface area contributed by atoms with Gasteiger partial charge in [-0.25, -0.2) is 9.78 Å². The van der Waals surface area contributed by atoms with Crippen LogP contribution in [0.15, 0.2) is 83.5 Å². The van der Waals surface area contributed by atoms with Gasteiger partial charge in [-0.15, -0.1) is 0 Å². The van der Waals surface area contributed by atoms with E-state index in [9.17, 15) is 18.0 Å². The molecule has 3 N–H and O–H groups in total. The smallest absolute Gasteiger partial charge is 0.366 e. The van der Waals surface area contributed by atoms with Gasteiger partial charge in [0.15, 0.2) is 5.65 Å². The van der Waals surface area contributed by atoms with Gasteiger partial charge in [-0.05, 0) is 51.3 Å². The third-order valence-corrected chi connectivity index (χ3v) is 7.19. The first-order valence-electron chi connectivity index (χ1n) is 12.1. The molecule has 0 saturated carbocycles. The molecule has 0 bridgehead atoms.